The molecule has 2 aromatic rings. The van der Waals surface area contributed by atoms with Crippen LogP contribution in [0.15, 0.2) is 30.5 Å². The summed E-state index contributed by atoms with van der Waals surface area (Å²) >= 11 is 0. The van der Waals surface area contributed by atoms with Gasteiger partial charge >= 0.3 is 0 Å². The van der Waals surface area contributed by atoms with Crippen molar-refractivity contribution in [2.45, 2.75) is 25.3 Å². The fourth-order valence-electron chi connectivity index (χ4n) is 2.84. The molecule has 1 fully saturated rings. The molecule has 0 aliphatic carbocycles. The van der Waals surface area contributed by atoms with Crippen LogP contribution < -0.4 is 5.32 Å². The van der Waals surface area contributed by atoms with Crippen LogP contribution in [-0.2, 0) is 16.3 Å². The molecule has 4 nitrogen and oxygen atoms in total. The number of aromatic nitrogens is 1. The molecule has 2 heterocycles. The number of hydrogen-bond acceptors (Lipinski definition) is 3. The van der Waals surface area contributed by atoms with Gasteiger partial charge in [-0.1, -0.05) is 18.2 Å². The minimum atomic E-state index is -2.76. The summed E-state index contributed by atoms with van der Waals surface area (Å²) in [6.45, 7) is 0.895. The fourth-order valence-corrected chi connectivity index (χ4v) is 4.33. The first-order chi connectivity index (χ1) is 9.64. The first kappa shape index (κ1) is 13.6. The van der Waals surface area contributed by atoms with Crippen LogP contribution in [0.4, 0.5) is 0 Å². The number of hydrogen-bond donors (Lipinski definition) is 2. The van der Waals surface area contributed by atoms with E-state index in [-0.39, 0.29) is 0 Å². The first-order valence-electron chi connectivity index (χ1n) is 7.13. The maximum absolute atomic E-state index is 11.4. The van der Waals surface area contributed by atoms with Gasteiger partial charge in [-0.05, 0) is 37.4 Å². The average molecular weight is 292 g/mol. The molecule has 108 valence electrons. The standard InChI is InChI=1S/C15H20N2O2S/c18-20(19)9-6-13(7-10-20)16-8-5-12-11-17-15-4-2-1-3-14(12)15/h1-4,11,13,16-17H,5-10H2. The molecular weight excluding hydrogens is 272 g/mol. The van der Waals surface area contributed by atoms with E-state index in [1.54, 1.807) is 0 Å². The van der Waals surface area contributed by atoms with Crippen LogP contribution in [0, 0.1) is 0 Å². The molecule has 0 amide bonds. The lowest BCUT2D eigenvalue weighted by molar-refractivity contribution is 0.467. The van der Waals surface area contributed by atoms with E-state index in [2.05, 4.69) is 34.7 Å². The average Bonchev–Trinajstić information content (AvgIpc) is 2.84. The number of H-pyrrole nitrogens is 1. The van der Waals surface area contributed by atoms with E-state index in [4.69, 9.17) is 0 Å². The van der Waals surface area contributed by atoms with Gasteiger partial charge in [0.15, 0.2) is 0 Å². The normalized spacial score (nSPS) is 19.4. The van der Waals surface area contributed by atoms with E-state index in [0.717, 1.165) is 25.8 Å². The minimum Gasteiger partial charge on any atom is -0.361 e. The van der Waals surface area contributed by atoms with Gasteiger partial charge in [0, 0.05) is 23.1 Å². The maximum Gasteiger partial charge on any atom is 0.150 e. The highest BCUT2D eigenvalue weighted by atomic mass is 32.2. The molecule has 0 spiro atoms. The Balaban J connectivity index is 1.53. The molecule has 20 heavy (non-hydrogen) atoms. The Morgan fingerprint density at radius 1 is 1.20 bits per heavy atom. The molecule has 0 unspecified atom stereocenters. The quantitative estimate of drug-likeness (QED) is 0.904. The van der Waals surface area contributed by atoms with E-state index in [9.17, 15) is 8.42 Å². The number of para-hydroxylation sites is 1. The lowest BCUT2D eigenvalue weighted by atomic mass is 10.1. The lowest BCUT2D eigenvalue weighted by Crippen LogP contribution is -2.38. The van der Waals surface area contributed by atoms with Crippen molar-refractivity contribution in [1.82, 2.24) is 10.3 Å². The van der Waals surface area contributed by atoms with Gasteiger partial charge in [0.25, 0.3) is 0 Å². The van der Waals surface area contributed by atoms with Gasteiger partial charge in [-0.25, -0.2) is 8.42 Å². The highest BCUT2D eigenvalue weighted by Crippen LogP contribution is 2.18. The number of rotatable bonds is 4. The van der Waals surface area contributed by atoms with Gasteiger partial charge in [-0.2, -0.15) is 0 Å². The Labute approximate surface area is 119 Å². The van der Waals surface area contributed by atoms with Crippen molar-refractivity contribution in [2.75, 3.05) is 18.1 Å². The molecule has 1 saturated heterocycles. The smallest absolute Gasteiger partial charge is 0.150 e. The zero-order valence-electron chi connectivity index (χ0n) is 11.4. The Bertz CT molecular complexity index is 677. The summed E-state index contributed by atoms with van der Waals surface area (Å²) in [7, 11) is -2.76. The fraction of sp³-hybridized carbons (Fsp3) is 0.467. The highest BCUT2D eigenvalue weighted by Gasteiger charge is 2.22. The molecule has 1 aromatic carbocycles. The molecule has 1 aromatic heterocycles. The number of benzene rings is 1. The van der Waals surface area contributed by atoms with E-state index in [0.29, 0.717) is 17.5 Å². The van der Waals surface area contributed by atoms with Crippen LogP contribution in [0.3, 0.4) is 0 Å². The Kier molecular flexibility index (Phi) is 3.81. The van der Waals surface area contributed by atoms with Gasteiger partial charge < -0.3 is 10.3 Å². The molecular formula is C15H20N2O2S. The van der Waals surface area contributed by atoms with Crippen LogP contribution in [0.1, 0.15) is 18.4 Å². The molecule has 3 rings (SSSR count). The van der Waals surface area contributed by atoms with Crippen molar-refractivity contribution in [1.29, 1.82) is 0 Å². The number of aromatic amines is 1. The summed E-state index contributed by atoms with van der Waals surface area (Å²) in [4.78, 5) is 3.28. The third-order valence-electron chi connectivity index (χ3n) is 4.06. The minimum absolute atomic E-state index is 0.331. The van der Waals surface area contributed by atoms with Crippen LogP contribution in [-0.4, -0.2) is 37.5 Å². The van der Waals surface area contributed by atoms with E-state index in [1.807, 2.05) is 6.07 Å². The summed E-state index contributed by atoms with van der Waals surface area (Å²) in [5.74, 6) is 0.662. The molecule has 0 saturated carbocycles. The largest absolute Gasteiger partial charge is 0.361 e. The summed E-state index contributed by atoms with van der Waals surface area (Å²) in [5.41, 5.74) is 2.49. The van der Waals surface area contributed by atoms with Crippen molar-refractivity contribution < 1.29 is 8.42 Å². The summed E-state index contributed by atoms with van der Waals surface area (Å²) in [6, 6.07) is 8.65. The number of sulfone groups is 1. The van der Waals surface area contributed by atoms with Crippen molar-refractivity contribution in [3.05, 3.63) is 36.0 Å². The molecule has 0 atom stereocenters. The molecule has 5 heteroatoms. The number of nitrogens with one attached hydrogen (secondary N) is 2. The van der Waals surface area contributed by atoms with Crippen molar-refractivity contribution >= 4 is 20.7 Å². The van der Waals surface area contributed by atoms with Gasteiger partial charge in [0.1, 0.15) is 9.84 Å². The van der Waals surface area contributed by atoms with Gasteiger partial charge in [0.05, 0.1) is 11.5 Å². The second-order valence-electron chi connectivity index (χ2n) is 5.49. The Morgan fingerprint density at radius 2 is 1.95 bits per heavy atom. The summed E-state index contributed by atoms with van der Waals surface area (Å²) < 4.78 is 22.7. The van der Waals surface area contributed by atoms with Gasteiger partial charge in [-0.3, -0.25) is 0 Å². The van der Waals surface area contributed by atoms with Crippen molar-refractivity contribution in [3.8, 4) is 0 Å². The van der Waals surface area contributed by atoms with Crippen LogP contribution in [0.2, 0.25) is 0 Å². The zero-order valence-corrected chi connectivity index (χ0v) is 12.2. The predicted molar refractivity (Wildman–Crippen MR) is 81.7 cm³/mol. The van der Waals surface area contributed by atoms with E-state index >= 15 is 0 Å². The molecule has 1 aliphatic rings. The molecule has 0 radical (unpaired) electrons. The molecule has 1 aliphatic heterocycles. The van der Waals surface area contributed by atoms with Crippen LogP contribution >= 0.6 is 0 Å². The SMILES string of the molecule is O=S1(=O)CCC(NCCc2c[nH]c3ccccc23)CC1. The maximum atomic E-state index is 11.4. The van der Waals surface area contributed by atoms with Crippen LogP contribution in [0.25, 0.3) is 10.9 Å². The Morgan fingerprint density at radius 3 is 2.75 bits per heavy atom. The van der Waals surface area contributed by atoms with Gasteiger partial charge in [-0.15, -0.1) is 0 Å². The molecule has 0 bridgehead atoms. The lowest BCUT2D eigenvalue weighted by Gasteiger charge is -2.23. The highest BCUT2D eigenvalue weighted by molar-refractivity contribution is 7.91. The predicted octanol–water partition coefficient (Wildman–Crippen LogP) is 1.88. The number of fused-ring (bicyclic) bond motifs is 1. The first-order valence-corrected chi connectivity index (χ1v) is 8.95. The zero-order chi connectivity index (χ0) is 14.0. The van der Waals surface area contributed by atoms with E-state index in [1.165, 1.54) is 16.5 Å². The van der Waals surface area contributed by atoms with Gasteiger partial charge in [0.2, 0.25) is 0 Å². The topological polar surface area (TPSA) is 62.0 Å². The third kappa shape index (κ3) is 3.04. The third-order valence-corrected chi connectivity index (χ3v) is 5.77. The molecule has 2 N–H and O–H groups in total. The summed E-state index contributed by atoms with van der Waals surface area (Å²) in [6.07, 6.45) is 4.53. The van der Waals surface area contributed by atoms with Crippen molar-refractivity contribution in [3.63, 3.8) is 0 Å². The second kappa shape index (κ2) is 5.58. The second-order valence-corrected chi connectivity index (χ2v) is 7.79. The van der Waals surface area contributed by atoms with Crippen LogP contribution in [0.5, 0.6) is 0 Å². The van der Waals surface area contributed by atoms with E-state index < -0.39 is 9.84 Å². The monoisotopic (exact) mass is 292 g/mol. The Hall–Kier alpha value is -1.33. The summed E-state index contributed by atoms with van der Waals surface area (Å²) in [5, 5.41) is 4.76. The van der Waals surface area contributed by atoms with Crippen molar-refractivity contribution in [2.24, 2.45) is 0 Å².